The molecular formula is C39H48FNO5. The van der Waals surface area contributed by atoms with Crippen molar-refractivity contribution in [2.45, 2.75) is 83.0 Å². The topological polar surface area (TPSA) is 79.2 Å². The number of carbonyl (C=O) groups excluding carboxylic acids is 1. The number of methoxy groups -OCH3 is 2. The molecule has 46 heavy (non-hydrogen) atoms. The number of amides is 1. The van der Waals surface area contributed by atoms with Crippen LogP contribution in [0.3, 0.4) is 0 Å². The molecule has 0 heterocycles. The van der Waals surface area contributed by atoms with Crippen LogP contribution in [-0.2, 0) is 24.2 Å². The van der Waals surface area contributed by atoms with Gasteiger partial charge in [-0.2, -0.15) is 0 Å². The molecule has 3 aromatic rings. The molecule has 3 aromatic carbocycles. The maximum atomic E-state index is 16.2. The lowest BCUT2D eigenvalue weighted by atomic mass is 9.51. The van der Waals surface area contributed by atoms with Crippen molar-refractivity contribution in [3.05, 3.63) is 89.0 Å². The summed E-state index contributed by atoms with van der Waals surface area (Å²) < 4.78 is 27.0. The maximum absolute atomic E-state index is 16.2. The van der Waals surface area contributed by atoms with E-state index >= 15 is 4.39 Å². The Morgan fingerprint density at radius 3 is 2.52 bits per heavy atom. The molecule has 0 spiro atoms. The van der Waals surface area contributed by atoms with Crippen LogP contribution in [0.2, 0.25) is 0 Å². The second kappa shape index (κ2) is 13.6. The van der Waals surface area contributed by atoms with Crippen LogP contribution in [0.15, 0.2) is 66.7 Å². The molecule has 0 aromatic heterocycles. The number of alkyl halides is 1. The highest BCUT2D eigenvalue weighted by atomic mass is 19.1. The fraction of sp³-hybridized carbons (Fsp3) is 0.513. The lowest BCUT2D eigenvalue weighted by molar-refractivity contribution is -0.131. The van der Waals surface area contributed by atoms with Crippen molar-refractivity contribution in [3.63, 3.8) is 0 Å². The van der Waals surface area contributed by atoms with E-state index < -0.39 is 17.7 Å². The van der Waals surface area contributed by atoms with Gasteiger partial charge >= 0.3 is 0 Å². The highest BCUT2D eigenvalue weighted by Crippen LogP contribution is 2.63. The van der Waals surface area contributed by atoms with Gasteiger partial charge in [-0.25, -0.2) is 4.39 Å². The first kappa shape index (κ1) is 32.4. The van der Waals surface area contributed by atoms with E-state index in [-0.39, 0.29) is 41.7 Å². The summed E-state index contributed by atoms with van der Waals surface area (Å²) in [5.74, 6) is 2.03. The van der Waals surface area contributed by atoms with E-state index in [4.69, 9.17) is 9.47 Å². The molecule has 2 fully saturated rings. The molecule has 3 aliphatic rings. The number of nitrogens with zero attached hydrogens (tertiary/aromatic N) is 1. The number of ether oxygens (including phenoxy) is 2. The first-order valence-electron chi connectivity index (χ1n) is 16.9. The number of benzene rings is 3. The van der Waals surface area contributed by atoms with E-state index in [2.05, 4.69) is 19.1 Å². The van der Waals surface area contributed by atoms with Crippen LogP contribution in [0.1, 0.15) is 73.6 Å². The van der Waals surface area contributed by atoms with Crippen molar-refractivity contribution in [3.8, 4) is 17.2 Å². The minimum atomic E-state index is -1.01. The molecule has 7 atom stereocenters. The summed E-state index contributed by atoms with van der Waals surface area (Å²) >= 11 is 0. The first-order valence-corrected chi connectivity index (χ1v) is 16.9. The number of hydrogen-bond donors (Lipinski definition) is 2. The third kappa shape index (κ3) is 6.35. The van der Waals surface area contributed by atoms with E-state index in [0.717, 1.165) is 60.8 Å². The third-order valence-electron chi connectivity index (χ3n) is 11.4. The van der Waals surface area contributed by atoms with Gasteiger partial charge in [0, 0.05) is 19.0 Å². The van der Waals surface area contributed by atoms with Gasteiger partial charge in [-0.3, -0.25) is 4.79 Å². The van der Waals surface area contributed by atoms with Gasteiger partial charge in [-0.05, 0) is 108 Å². The SMILES string of the molecule is COc1ccc(CC(=O)N(CCCC[C@@H]2Cc3cc(O)ccc3C3C2C2CC[C@H](O)[C@@]2(C)C[C@@H]3F)Cc2ccccc2)cc1OC. The van der Waals surface area contributed by atoms with E-state index in [1.165, 1.54) is 0 Å². The molecule has 6 nitrogen and oxygen atoms in total. The molecule has 0 aliphatic heterocycles. The van der Waals surface area contributed by atoms with Gasteiger partial charge in [-0.15, -0.1) is 0 Å². The summed E-state index contributed by atoms with van der Waals surface area (Å²) in [7, 11) is 3.19. The Balaban J connectivity index is 1.17. The number of rotatable bonds is 11. The first-order chi connectivity index (χ1) is 22.2. The summed E-state index contributed by atoms with van der Waals surface area (Å²) in [6, 6.07) is 21.1. The quantitative estimate of drug-likeness (QED) is 0.219. The third-order valence-corrected chi connectivity index (χ3v) is 11.4. The lowest BCUT2D eigenvalue weighted by Crippen LogP contribution is -2.51. The summed E-state index contributed by atoms with van der Waals surface area (Å²) in [6.07, 6.45) is 4.36. The average molecular weight is 630 g/mol. The van der Waals surface area contributed by atoms with E-state index in [1.54, 1.807) is 20.3 Å². The molecule has 6 rings (SSSR count). The molecule has 0 radical (unpaired) electrons. The zero-order valence-corrected chi connectivity index (χ0v) is 27.3. The number of hydrogen-bond acceptors (Lipinski definition) is 5. The Bertz CT molecular complexity index is 1510. The molecule has 2 saturated carbocycles. The Morgan fingerprint density at radius 1 is 0.978 bits per heavy atom. The van der Waals surface area contributed by atoms with E-state index in [0.29, 0.717) is 31.0 Å². The number of aromatic hydroxyl groups is 1. The number of carbonyl (C=O) groups is 1. The van der Waals surface area contributed by atoms with Crippen molar-refractivity contribution in [1.29, 1.82) is 0 Å². The highest BCUT2D eigenvalue weighted by Gasteiger charge is 2.59. The lowest BCUT2D eigenvalue weighted by Gasteiger charge is -2.54. The Morgan fingerprint density at radius 2 is 1.76 bits per heavy atom. The van der Waals surface area contributed by atoms with Gasteiger partial charge in [0.25, 0.3) is 0 Å². The molecule has 0 saturated heterocycles. The number of phenolic OH excluding ortho intramolecular Hbond substituents is 1. The van der Waals surface area contributed by atoms with Gasteiger partial charge in [0.05, 0.1) is 26.7 Å². The molecule has 3 aliphatic carbocycles. The molecule has 7 heteroatoms. The second-order valence-electron chi connectivity index (χ2n) is 14.0. The van der Waals surface area contributed by atoms with E-state index in [9.17, 15) is 15.0 Å². The smallest absolute Gasteiger partial charge is 0.227 e. The van der Waals surface area contributed by atoms with Gasteiger partial charge in [0.15, 0.2) is 11.5 Å². The van der Waals surface area contributed by atoms with Crippen LogP contribution in [0.25, 0.3) is 0 Å². The number of aliphatic hydroxyl groups excluding tert-OH is 1. The average Bonchev–Trinajstić information content (AvgIpc) is 3.35. The highest BCUT2D eigenvalue weighted by molar-refractivity contribution is 5.79. The molecular weight excluding hydrogens is 581 g/mol. The number of unbranched alkanes of at least 4 members (excludes halogenated alkanes) is 1. The van der Waals surface area contributed by atoms with Crippen molar-refractivity contribution >= 4 is 5.91 Å². The minimum absolute atomic E-state index is 0.0569. The van der Waals surface area contributed by atoms with Crippen LogP contribution in [0.4, 0.5) is 4.39 Å². The standard InChI is InChI=1S/C39H48FNO5/c1-39-23-32(40)38-30-14-13-29(42)22-28(30)21-27(37(38)31(39)15-17-35(39)43)11-7-8-18-41(24-25-9-5-4-6-10-25)36(44)20-26-12-16-33(45-2)34(19-26)46-3/h4-6,9-10,12-14,16,19,22,27,31-32,35,37-38,42-43H,7-8,11,15,17-18,20-21,23-24H2,1-3H3/t27-,31?,32+,35+,37?,38?,39+/m1/s1. The second-order valence-corrected chi connectivity index (χ2v) is 14.0. The van der Waals surface area contributed by atoms with Crippen molar-refractivity contribution in [1.82, 2.24) is 4.90 Å². The summed E-state index contributed by atoms with van der Waals surface area (Å²) in [6.45, 7) is 3.27. The number of fused-ring (bicyclic) bond motifs is 5. The Hall–Kier alpha value is -3.58. The van der Waals surface area contributed by atoms with Crippen LogP contribution in [0, 0.1) is 23.2 Å². The predicted octanol–water partition coefficient (Wildman–Crippen LogP) is 7.24. The Kier molecular flexibility index (Phi) is 9.60. The summed E-state index contributed by atoms with van der Waals surface area (Å²) in [5.41, 5.74) is 3.67. The number of aliphatic hydroxyl groups is 1. The molecule has 1 amide bonds. The zero-order chi connectivity index (χ0) is 32.4. The zero-order valence-electron chi connectivity index (χ0n) is 27.3. The normalized spacial score (nSPS) is 28.1. The number of phenols is 1. The van der Waals surface area contributed by atoms with E-state index in [1.807, 2.05) is 53.4 Å². The van der Waals surface area contributed by atoms with Crippen LogP contribution in [0.5, 0.6) is 17.2 Å². The summed E-state index contributed by atoms with van der Waals surface area (Å²) in [5, 5.41) is 21.3. The van der Waals surface area contributed by atoms with Gasteiger partial charge in [0.1, 0.15) is 11.9 Å². The molecule has 2 N–H and O–H groups in total. The molecule has 0 bridgehead atoms. The number of halogens is 1. The van der Waals surface area contributed by atoms with Crippen LogP contribution in [-0.4, -0.2) is 54.1 Å². The fourth-order valence-corrected chi connectivity index (χ4v) is 9.12. The van der Waals surface area contributed by atoms with Crippen LogP contribution < -0.4 is 9.47 Å². The molecule has 246 valence electrons. The van der Waals surface area contributed by atoms with Crippen molar-refractivity contribution in [2.24, 2.45) is 23.2 Å². The maximum Gasteiger partial charge on any atom is 0.227 e. The van der Waals surface area contributed by atoms with Crippen molar-refractivity contribution < 1.29 is 28.9 Å². The van der Waals surface area contributed by atoms with Gasteiger partial charge in [0.2, 0.25) is 5.91 Å². The summed E-state index contributed by atoms with van der Waals surface area (Å²) in [4.78, 5) is 15.7. The van der Waals surface area contributed by atoms with Gasteiger partial charge in [-0.1, -0.05) is 55.8 Å². The Labute approximate surface area is 272 Å². The van der Waals surface area contributed by atoms with Crippen molar-refractivity contribution in [2.75, 3.05) is 20.8 Å². The minimum Gasteiger partial charge on any atom is -0.508 e. The predicted molar refractivity (Wildman–Crippen MR) is 177 cm³/mol. The fourth-order valence-electron chi connectivity index (χ4n) is 9.12. The van der Waals surface area contributed by atoms with Crippen LogP contribution >= 0.6 is 0 Å². The molecule has 3 unspecified atom stereocenters. The van der Waals surface area contributed by atoms with Gasteiger partial charge < -0.3 is 24.6 Å². The monoisotopic (exact) mass is 629 g/mol. The largest absolute Gasteiger partial charge is 0.508 e.